The SMILES string of the molecule is COC(=O)c1cccc(CN2CCC3(CC2)OCc2c3c(=O)n(CC(N)c3ccccc3)c(=O)n2Cc2c(F)cccc2C(F)(F)F)c1. The number of carbonyl (C=O) groups excluding carboxylic acids is 1. The third kappa shape index (κ3) is 6.32. The van der Waals surface area contributed by atoms with Crippen molar-refractivity contribution in [2.75, 3.05) is 20.2 Å². The van der Waals surface area contributed by atoms with Crippen LogP contribution in [0.15, 0.2) is 82.4 Å². The molecule has 48 heavy (non-hydrogen) atoms. The number of aromatic nitrogens is 2. The van der Waals surface area contributed by atoms with Crippen LogP contribution in [0.25, 0.3) is 0 Å². The summed E-state index contributed by atoms with van der Waals surface area (Å²) in [5.74, 6) is -1.57. The maximum Gasteiger partial charge on any atom is 0.416 e. The van der Waals surface area contributed by atoms with Gasteiger partial charge in [0, 0.05) is 31.2 Å². The van der Waals surface area contributed by atoms with Crippen LogP contribution in [0.4, 0.5) is 17.6 Å². The second-order valence-corrected chi connectivity index (χ2v) is 12.1. The molecule has 0 amide bonds. The van der Waals surface area contributed by atoms with Crippen molar-refractivity contribution in [3.8, 4) is 0 Å². The van der Waals surface area contributed by atoms with Crippen molar-refractivity contribution in [2.45, 2.75) is 56.9 Å². The van der Waals surface area contributed by atoms with E-state index < -0.39 is 58.5 Å². The fraction of sp³-hybridized carbons (Fsp3) is 0.343. The van der Waals surface area contributed by atoms with Gasteiger partial charge in [0.2, 0.25) is 0 Å². The third-order valence-corrected chi connectivity index (χ3v) is 9.24. The predicted octanol–water partition coefficient (Wildman–Crippen LogP) is 4.72. The molecule has 1 saturated heterocycles. The number of carbonyl (C=O) groups is 1. The lowest BCUT2D eigenvalue weighted by Gasteiger charge is -2.39. The Morgan fingerprint density at radius 3 is 2.38 bits per heavy atom. The Bertz CT molecular complexity index is 1950. The van der Waals surface area contributed by atoms with Crippen LogP contribution in [0.2, 0.25) is 0 Å². The summed E-state index contributed by atoms with van der Waals surface area (Å²) in [5, 5.41) is 0. The largest absolute Gasteiger partial charge is 0.465 e. The molecule has 6 rings (SSSR count). The quantitative estimate of drug-likeness (QED) is 0.214. The minimum Gasteiger partial charge on any atom is -0.465 e. The Labute approximate surface area is 273 Å². The maximum atomic E-state index is 15.1. The van der Waals surface area contributed by atoms with Gasteiger partial charge in [-0.15, -0.1) is 0 Å². The zero-order valence-corrected chi connectivity index (χ0v) is 26.1. The Kier molecular flexibility index (Phi) is 9.12. The van der Waals surface area contributed by atoms with Crippen molar-refractivity contribution in [3.63, 3.8) is 0 Å². The van der Waals surface area contributed by atoms with Crippen LogP contribution in [-0.2, 0) is 47.5 Å². The van der Waals surface area contributed by atoms with Crippen LogP contribution in [0.1, 0.15) is 62.8 Å². The molecule has 1 fully saturated rings. The number of hydrogen-bond donors (Lipinski definition) is 1. The van der Waals surface area contributed by atoms with Crippen molar-refractivity contribution in [1.82, 2.24) is 14.0 Å². The Morgan fingerprint density at radius 1 is 0.979 bits per heavy atom. The highest BCUT2D eigenvalue weighted by molar-refractivity contribution is 5.89. The minimum absolute atomic E-state index is 0.130. The molecule has 3 aromatic carbocycles. The summed E-state index contributed by atoms with van der Waals surface area (Å²) in [6.07, 6.45) is -4.18. The van der Waals surface area contributed by atoms with E-state index in [4.69, 9.17) is 15.2 Å². The van der Waals surface area contributed by atoms with E-state index in [-0.39, 0.29) is 24.4 Å². The number of benzene rings is 3. The molecule has 4 aromatic rings. The lowest BCUT2D eigenvalue weighted by Crippen LogP contribution is -2.49. The molecule has 3 heterocycles. The van der Waals surface area contributed by atoms with Crippen LogP contribution >= 0.6 is 0 Å². The highest BCUT2D eigenvalue weighted by atomic mass is 19.4. The number of halogens is 4. The molecule has 0 bridgehead atoms. The topological polar surface area (TPSA) is 109 Å². The first-order chi connectivity index (χ1) is 22.9. The molecule has 13 heteroatoms. The summed E-state index contributed by atoms with van der Waals surface area (Å²) < 4.78 is 70.1. The fourth-order valence-corrected chi connectivity index (χ4v) is 6.74. The second kappa shape index (κ2) is 13.1. The Balaban J connectivity index is 1.38. The number of rotatable bonds is 8. The number of alkyl halides is 3. The molecule has 1 atom stereocenters. The molecule has 0 aliphatic carbocycles. The zero-order valence-electron chi connectivity index (χ0n) is 26.1. The average Bonchev–Trinajstić information content (AvgIpc) is 3.44. The normalized spacial score (nSPS) is 16.5. The van der Waals surface area contributed by atoms with Crippen LogP contribution in [0.5, 0.6) is 0 Å². The van der Waals surface area contributed by atoms with Crippen molar-refractivity contribution < 1.29 is 31.8 Å². The first-order valence-corrected chi connectivity index (χ1v) is 15.5. The number of fused-ring (bicyclic) bond motifs is 2. The molecular weight excluding hydrogens is 632 g/mol. The van der Waals surface area contributed by atoms with Crippen molar-refractivity contribution in [3.05, 3.63) is 139 Å². The van der Waals surface area contributed by atoms with E-state index in [1.54, 1.807) is 48.5 Å². The summed E-state index contributed by atoms with van der Waals surface area (Å²) in [6, 6.07) is 17.7. The van der Waals surface area contributed by atoms with Gasteiger partial charge in [0.15, 0.2) is 0 Å². The molecule has 252 valence electrons. The van der Waals surface area contributed by atoms with Gasteiger partial charge in [0.05, 0.1) is 49.2 Å². The van der Waals surface area contributed by atoms with E-state index in [1.807, 2.05) is 6.07 Å². The number of ether oxygens (including phenoxy) is 2. The standard InChI is InChI=1S/C35H34F4N4O5/c1-47-32(45)24-10-5-7-22(17-24)18-41-15-13-34(14-16-41)30-29(21-48-34)42(19-25-26(35(37,38)39)11-6-12-27(25)36)33(46)43(31(30)44)20-28(40)23-8-3-2-4-9-23/h2-12,17,28H,13-16,18-21,40H2,1H3. The molecule has 9 nitrogen and oxygen atoms in total. The number of nitrogens with two attached hydrogens (primary N) is 1. The lowest BCUT2D eigenvalue weighted by molar-refractivity contribution is -0.138. The lowest BCUT2D eigenvalue weighted by atomic mass is 9.85. The molecule has 2 N–H and O–H groups in total. The smallest absolute Gasteiger partial charge is 0.416 e. The number of likely N-dealkylation sites (tertiary alicyclic amines) is 1. The van der Waals surface area contributed by atoms with E-state index in [9.17, 15) is 27.6 Å². The summed E-state index contributed by atoms with van der Waals surface area (Å²) in [4.78, 5) is 42.4. The van der Waals surface area contributed by atoms with Crippen LogP contribution < -0.4 is 17.0 Å². The van der Waals surface area contributed by atoms with Gasteiger partial charge in [0.25, 0.3) is 5.56 Å². The second-order valence-electron chi connectivity index (χ2n) is 12.1. The molecule has 1 spiro atoms. The summed E-state index contributed by atoms with van der Waals surface area (Å²) in [6.45, 7) is 0.257. The van der Waals surface area contributed by atoms with Crippen LogP contribution in [0.3, 0.4) is 0 Å². The van der Waals surface area contributed by atoms with Gasteiger partial charge in [-0.2, -0.15) is 13.2 Å². The van der Waals surface area contributed by atoms with Gasteiger partial charge in [-0.25, -0.2) is 14.0 Å². The Morgan fingerprint density at radius 2 is 1.69 bits per heavy atom. The molecule has 2 aliphatic heterocycles. The summed E-state index contributed by atoms with van der Waals surface area (Å²) >= 11 is 0. The maximum absolute atomic E-state index is 15.1. The van der Waals surface area contributed by atoms with Gasteiger partial charge in [-0.05, 0) is 48.2 Å². The van der Waals surface area contributed by atoms with Crippen molar-refractivity contribution >= 4 is 5.97 Å². The highest BCUT2D eigenvalue weighted by Crippen LogP contribution is 2.43. The van der Waals surface area contributed by atoms with Crippen molar-refractivity contribution in [2.24, 2.45) is 5.73 Å². The van der Waals surface area contributed by atoms with E-state index in [1.165, 1.54) is 7.11 Å². The van der Waals surface area contributed by atoms with Gasteiger partial charge in [-0.1, -0.05) is 48.5 Å². The molecule has 0 saturated carbocycles. The van der Waals surface area contributed by atoms with Gasteiger partial charge < -0.3 is 15.2 Å². The molecule has 2 aliphatic rings. The molecule has 0 radical (unpaired) electrons. The first-order valence-electron chi connectivity index (χ1n) is 15.5. The summed E-state index contributed by atoms with van der Waals surface area (Å²) in [7, 11) is 1.31. The monoisotopic (exact) mass is 666 g/mol. The van der Waals surface area contributed by atoms with Crippen LogP contribution in [-0.4, -0.2) is 40.2 Å². The fourth-order valence-electron chi connectivity index (χ4n) is 6.74. The molecular formula is C35H34F4N4O5. The first kappa shape index (κ1) is 33.3. The van der Waals surface area contributed by atoms with Gasteiger partial charge in [-0.3, -0.25) is 18.8 Å². The average molecular weight is 667 g/mol. The number of methoxy groups -OCH3 is 1. The van der Waals surface area contributed by atoms with Gasteiger partial charge >= 0.3 is 17.8 Å². The van der Waals surface area contributed by atoms with Crippen LogP contribution in [0, 0.1) is 5.82 Å². The van der Waals surface area contributed by atoms with Crippen molar-refractivity contribution in [1.29, 1.82) is 0 Å². The zero-order chi connectivity index (χ0) is 34.2. The highest BCUT2D eigenvalue weighted by Gasteiger charge is 2.47. The molecule has 1 unspecified atom stereocenters. The predicted molar refractivity (Wildman–Crippen MR) is 168 cm³/mol. The van der Waals surface area contributed by atoms with E-state index in [2.05, 4.69) is 4.90 Å². The third-order valence-electron chi connectivity index (χ3n) is 9.24. The molecule has 1 aromatic heterocycles. The number of piperidine rings is 1. The number of nitrogens with zero attached hydrogens (tertiary/aromatic N) is 3. The van der Waals surface area contributed by atoms with E-state index >= 15 is 4.39 Å². The van der Waals surface area contributed by atoms with E-state index in [0.717, 1.165) is 32.9 Å². The summed E-state index contributed by atoms with van der Waals surface area (Å²) in [5.41, 5.74) is 4.15. The number of hydrogen-bond acceptors (Lipinski definition) is 7. The van der Waals surface area contributed by atoms with Gasteiger partial charge in [0.1, 0.15) is 11.4 Å². The van der Waals surface area contributed by atoms with E-state index in [0.29, 0.717) is 43.6 Å². The Hall–Kier alpha value is -4.59. The number of esters is 1. The minimum atomic E-state index is -4.88.